The molecule has 24 heavy (non-hydrogen) atoms. The number of rotatable bonds is 4. The van der Waals surface area contributed by atoms with Gasteiger partial charge >= 0.3 is 0 Å². The van der Waals surface area contributed by atoms with Gasteiger partial charge in [0.25, 0.3) is 0 Å². The zero-order chi connectivity index (χ0) is 16.1. The van der Waals surface area contributed by atoms with Crippen molar-refractivity contribution >= 4 is 24.1 Å². The van der Waals surface area contributed by atoms with Gasteiger partial charge in [-0.05, 0) is 45.2 Å². The number of amides is 1. The SMILES string of the molecule is CCc1cc(N2CCCC(NC(=O)C3CCNCC3)C2)ncn1.Cl. The summed E-state index contributed by atoms with van der Waals surface area (Å²) in [6.07, 6.45) is 6.61. The van der Waals surface area contributed by atoms with Crippen LogP contribution in [0.3, 0.4) is 0 Å². The first-order valence-corrected chi connectivity index (χ1v) is 8.83. The molecule has 0 bridgehead atoms. The smallest absolute Gasteiger partial charge is 0.223 e. The Balaban J connectivity index is 0.00000208. The summed E-state index contributed by atoms with van der Waals surface area (Å²) in [5, 5.41) is 6.58. The second-order valence-corrected chi connectivity index (χ2v) is 6.54. The lowest BCUT2D eigenvalue weighted by atomic mass is 9.96. The van der Waals surface area contributed by atoms with Crippen LogP contribution >= 0.6 is 12.4 Å². The molecule has 7 heteroatoms. The normalized spacial score (nSPS) is 21.9. The number of anilines is 1. The maximum absolute atomic E-state index is 12.4. The average Bonchev–Trinajstić information content (AvgIpc) is 2.63. The molecule has 0 saturated carbocycles. The molecule has 1 amide bonds. The van der Waals surface area contributed by atoms with Crippen LogP contribution in [0, 0.1) is 5.92 Å². The second-order valence-electron chi connectivity index (χ2n) is 6.54. The maximum atomic E-state index is 12.4. The largest absolute Gasteiger partial charge is 0.354 e. The molecular formula is C17H28ClN5O. The standard InChI is InChI=1S/C17H27N5O.ClH/c1-2-14-10-16(20-12-19-14)22-9-3-4-15(11-22)21-17(23)13-5-7-18-8-6-13;/h10,12-13,15,18H,2-9,11H2,1H3,(H,21,23);1H. The Bertz CT molecular complexity index is 535. The molecule has 1 unspecified atom stereocenters. The molecule has 2 saturated heterocycles. The molecule has 2 aliphatic rings. The summed E-state index contributed by atoms with van der Waals surface area (Å²) in [5.41, 5.74) is 1.07. The van der Waals surface area contributed by atoms with Crippen LogP contribution in [-0.2, 0) is 11.2 Å². The van der Waals surface area contributed by atoms with E-state index < -0.39 is 0 Å². The van der Waals surface area contributed by atoms with Gasteiger partial charge in [-0.2, -0.15) is 0 Å². The Morgan fingerprint density at radius 1 is 1.33 bits per heavy atom. The second kappa shape index (κ2) is 9.18. The lowest BCUT2D eigenvalue weighted by Gasteiger charge is -2.35. The van der Waals surface area contributed by atoms with Gasteiger partial charge in [0.05, 0.1) is 0 Å². The highest BCUT2D eigenvalue weighted by Crippen LogP contribution is 2.19. The topological polar surface area (TPSA) is 70.2 Å². The van der Waals surface area contributed by atoms with Crippen molar-refractivity contribution in [3.8, 4) is 0 Å². The van der Waals surface area contributed by atoms with Gasteiger partial charge < -0.3 is 15.5 Å². The van der Waals surface area contributed by atoms with Crippen molar-refractivity contribution in [2.24, 2.45) is 5.92 Å². The molecule has 134 valence electrons. The van der Waals surface area contributed by atoms with E-state index >= 15 is 0 Å². The summed E-state index contributed by atoms with van der Waals surface area (Å²) in [6.45, 7) is 5.85. The van der Waals surface area contributed by atoms with Gasteiger partial charge in [-0.15, -0.1) is 12.4 Å². The third-order valence-electron chi connectivity index (χ3n) is 4.87. The Morgan fingerprint density at radius 3 is 2.88 bits per heavy atom. The molecule has 0 spiro atoms. The van der Waals surface area contributed by atoms with Crippen LogP contribution in [0.1, 0.15) is 38.3 Å². The van der Waals surface area contributed by atoms with Crippen molar-refractivity contribution in [3.63, 3.8) is 0 Å². The third-order valence-corrected chi connectivity index (χ3v) is 4.87. The Hall–Kier alpha value is -1.40. The van der Waals surface area contributed by atoms with Crippen LogP contribution in [0.25, 0.3) is 0 Å². The average molecular weight is 354 g/mol. The van der Waals surface area contributed by atoms with Gasteiger partial charge in [0.1, 0.15) is 12.1 Å². The fourth-order valence-corrected chi connectivity index (χ4v) is 3.46. The van der Waals surface area contributed by atoms with Gasteiger partial charge in [0, 0.05) is 36.8 Å². The Morgan fingerprint density at radius 2 is 2.12 bits per heavy atom. The van der Waals surface area contributed by atoms with Crippen molar-refractivity contribution in [1.29, 1.82) is 0 Å². The summed E-state index contributed by atoms with van der Waals surface area (Å²) < 4.78 is 0. The van der Waals surface area contributed by atoms with Crippen LogP contribution < -0.4 is 15.5 Å². The zero-order valence-electron chi connectivity index (χ0n) is 14.3. The first-order valence-electron chi connectivity index (χ1n) is 8.83. The van der Waals surface area contributed by atoms with Gasteiger partial charge in [-0.3, -0.25) is 4.79 Å². The minimum atomic E-state index is 0. The predicted molar refractivity (Wildman–Crippen MR) is 97.6 cm³/mol. The van der Waals surface area contributed by atoms with E-state index in [0.29, 0.717) is 0 Å². The molecule has 1 aromatic heterocycles. The summed E-state index contributed by atoms with van der Waals surface area (Å²) >= 11 is 0. The summed E-state index contributed by atoms with van der Waals surface area (Å²) in [6, 6.07) is 2.29. The number of piperidine rings is 2. The molecule has 6 nitrogen and oxygen atoms in total. The monoisotopic (exact) mass is 353 g/mol. The molecule has 1 aromatic rings. The van der Waals surface area contributed by atoms with Crippen molar-refractivity contribution in [2.45, 2.75) is 45.1 Å². The highest BCUT2D eigenvalue weighted by Gasteiger charge is 2.26. The molecule has 2 N–H and O–H groups in total. The highest BCUT2D eigenvalue weighted by atomic mass is 35.5. The number of hydrogen-bond acceptors (Lipinski definition) is 5. The number of nitrogens with zero attached hydrogens (tertiary/aromatic N) is 3. The fraction of sp³-hybridized carbons (Fsp3) is 0.706. The third kappa shape index (κ3) is 4.80. The van der Waals surface area contributed by atoms with Gasteiger partial charge in [-0.1, -0.05) is 6.92 Å². The van der Waals surface area contributed by atoms with Crippen LogP contribution in [-0.4, -0.2) is 48.1 Å². The number of aromatic nitrogens is 2. The minimum absolute atomic E-state index is 0. The van der Waals surface area contributed by atoms with Gasteiger partial charge in [0.2, 0.25) is 5.91 Å². The van der Waals surface area contributed by atoms with Crippen LogP contribution in [0.4, 0.5) is 5.82 Å². The molecule has 0 aromatic carbocycles. The summed E-state index contributed by atoms with van der Waals surface area (Å²) in [5.74, 6) is 1.39. The molecule has 2 fully saturated rings. The van der Waals surface area contributed by atoms with Crippen molar-refractivity contribution in [2.75, 3.05) is 31.1 Å². The van der Waals surface area contributed by atoms with E-state index in [-0.39, 0.29) is 30.3 Å². The number of aryl methyl sites for hydroxylation is 1. The molecule has 0 radical (unpaired) electrons. The first-order chi connectivity index (χ1) is 11.3. The van der Waals surface area contributed by atoms with E-state index in [4.69, 9.17) is 0 Å². The van der Waals surface area contributed by atoms with Gasteiger partial charge in [0.15, 0.2) is 0 Å². The van der Waals surface area contributed by atoms with Crippen LogP contribution in [0.5, 0.6) is 0 Å². The van der Waals surface area contributed by atoms with Crippen LogP contribution in [0.2, 0.25) is 0 Å². The molecular weight excluding hydrogens is 326 g/mol. The number of carbonyl (C=O) groups excluding carboxylic acids is 1. The van der Waals surface area contributed by atoms with Gasteiger partial charge in [-0.25, -0.2) is 9.97 Å². The molecule has 2 aliphatic heterocycles. The summed E-state index contributed by atoms with van der Waals surface area (Å²) in [4.78, 5) is 23.4. The molecule has 3 heterocycles. The zero-order valence-corrected chi connectivity index (χ0v) is 15.1. The Labute approximate surface area is 150 Å². The van der Waals surface area contributed by atoms with E-state index in [2.05, 4.69) is 38.5 Å². The highest BCUT2D eigenvalue weighted by molar-refractivity contribution is 5.85. The first kappa shape index (κ1) is 18.9. The predicted octanol–water partition coefficient (Wildman–Crippen LogP) is 1.55. The van der Waals surface area contributed by atoms with E-state index in [0.717, 1.165) is 69.8 Å². The summed E-state index contributed by atoms with van der Waals surface area (Å²) in [7, 11) is 0. The lowest BCUT2D eigenvalue weighted by molar-refractivity contribution is -0.126. The Kier molecular flexibility index (Phi) is 7.24. The van der Waals surface area contributed by atoms with Crippen LogP contribution in [0.15, 0.2) is 12.4 Å². The lowest BCUT2D eigenvalue weighted by Crippen LogP contribution is -2.50. The maximum Gasteiger partial charge on any atom is 0.223 e. The van der Waals surface area contributed by atoms with Crippen molar-refractivity contribution in [3.05, 3.63) is 18.1 Å². The number of nitrogens with one attached hydrogen (secondary N) is 2. The number of hydrogen-bond donors (Lipinski definition) is 2. The van der Waals surface area contributed by atoms with E-state index in [1.54, 1.807) is 6.33 Å². The molecule has 3 rings (SSSR count). The van der Waals surface area contributed by atoms with E-state index in [1.807, 2.05) is 0 Å². The van der Waals surface area contributed by atoms with Crippen molar-refractivity contribution in [1.82, 2.24) is 20.6 Å². The quantitative estimate of drug-likeness (QED) is 0.859. The number of carbonyl (C=O) groups is 1. The fourth-order valence-electron chi connectivity index (χ4n) is 3.46. The van der Waals surface area contributed by atoms with Crippen molar-refractivity contribution < 1.29 is 4.79 Å². The molecule has 0 aliphatic carbocycles. The van der Waals surface area contributed by atoms with E-state index in [9.17, 15) is 4.79 Å². The number of halogens is 1. The molecule has 1 atom stereocenters. The van der Waals surface area contributed by atoms with E-state index in [1.165, 1.54) is 0 Å². The minimum Gasteiger partial charge on any atom is -0.354 e.